The normalized spacial score (nSPS) is 18.5. The number of para-hydroxylation sites is 2. The Balaban J connectivity index is 0.000000454. The van der Waals surface area contributed by atoms with Gasteiger partial charge in [-0.2, -0.15) is 4.58 Å². The van der Waals surface area contributed by atoms with E-state index in [2.05, 4.69) is 97.9 Å². The number of rotatable bonds is 10. The monoisotopic (exact) mass is 784 g/mol. The van der Waals surface area contributed by atoms with Crippen molar-refractivity contribution in [2.24, 2.45) is 0 Å². The fourth-order valence-corrected chi connectivity index (χ4v) is 8.18. The number of nitrogens with zero attached hydrogens (tertiary/aromatic N) is 2. The Kier molecular flexibility index (Phi) is 12.7. The molecule has 0 bridgehead atoms. The van der Waals surface area contributed by atoms with E-state index in [1.54, 1.807) is 12.1 Å². The summed E-state index contributed by atoms with van der Waals surface area (Å²) in [5.41, 5.74) is 9.80. The zero-order chi connectivity index (χ0) is 40.1. The minimum atomic E-state index is -4.27. The topological polar surface area (TPSA) is 116 Å². The molecule has 11 heteroatoms. The molecule has 0 N–H and O–H groups in total. The lowest BCUT2D eigenvalue weighted by atomic mass is 9.81. The molecule has 0 saturated carbocycles. The molecule has 3 aliphatic rings. The SMILES string of the molecule is CC(=O)OCCN1/C(=C/C=C2\CCC(/C=C/C3=[N+](CCOC(C)=O)c4ccccc4C3(C)C)=C2Cl)C(C)(C)c2ccccc21.Cc1ccc(S(=O)(=O)[O-])cc1. The number of carbonyl (C=O) groups excluding carboxylic acids is 2. The first kappa shape index (κ1) is 41.4. The summed E-state index contributed by atoms with van der Waals surface area (Å²) in [6, 6.07) is 22.6. The molecule has 9 nitrogen and oxygen atoms in total. The highest BCUT2D eigenvalue weighted by atomic mass is 35.5. The molecule has 0 spiro atoms. The van der Waals surface area contributed by atoms with E-state index >= 15 is 0 Å². The van der Waals surface area contributed by atoms with E-state index in [1.807, 2.05) is 19.1 Å². The van der Waals surface area contributed by atoms with Crippen LogP contribution < -0.4 is 4.90 Å². The zero-order valence-electron chi connectivity index (χ0n) is 32.5. The van der Waals surface area contributed by atoms with Crippen LogP contribution in [0.2, 0.25) is 0 Å². The predicted molar refractivity (Wildman–Crippen MR) is 216 cm³/mol. The van der Waals surface area contributed by atoms with Crippen LogP contribution in [0.15, 0.2) is 124 Å². The fourth-order valence-electron chi connectivity index (χ4n) is 7.40. The summed E-state index contributed by atoms with van der Waals surface area (Å²) in [5.74, 6) is -0.549. The number of anilines is 1. The van der Waals surface area contributed by atoms with Gasteiger partial charge in [0.2, 0.25) is 5.69 Å². The van der Waals surface area contributed by atoms with Gasteiger partial charge in [0.05, 0.1) is 16.9 Å². The van der Waals surface area contributed by atoms with E-state index < -0.39 is 10.1 Å². The van der Waals surface area contributed by atoms with Gasteiger partial charge in [-0.05, 0) is 74.6 Å². The second-order valence-corrected chi connectivity index (χ2v) is 16.6. The first-order chi connectivity index (χ1) is 25.9. The molecule has 290 valence electrons. The van der Waals surface area contributed by atoms with Crippen molar-refractivity contribution >= 4 is 50.7 Å². The van der Waals surface area contributed by atoms with Gasteiger partial charge >= 0.3 is 11.9 Å². The van der Waals surface area contributed by atoms with Crippen molar-refractivity contribution in [2.45, 2.75) is 77.0 Å². The highest BCUT2D eigenvalue weighted by molar-refractivity contribution is 7.85. The van der Waals surface area contributed by atoms with Crippen molar-refractivity contribution in [1.82, 2.24) is 0 Å². The van der Waals surface area contributed by atoms with Crippen LogP contribution in [0.5, 0.6) is 0 Å². The van der Waals surface area contributed by atoms with Crippen LogP contribution in [0.3, 0.4) is 0 Å². The lowest BCUT2D eigenvalue weighted by Gasteiger charge is -2.27. The van der Waals surface area contributed by atoms with Gasteiger partial charge < -0.3 is 18.9 Å². The molecular weight excluding hydrogens is 736 g/mol. The number of allylic oxidation sites excluding steroid dienone is 8. The summed E-state index contributed by atoms with van der Waals surface area (Å²) in [5, 5.41) is 0.790. The lowest BCUT2D eigenvalue weighted by Crippen LogP contribution is -2.29. The van der Waals surface area contributed by atoms with Crippen LogP contribution in [-0.2, 0) is 40.0 Å². The summed E-state index contributed by atoms with van der Waals surface area (Å²) in [6.07, 6.45) is 10.4. The Hall–Kier alpha value is -4.77. The number of hydrogen-bond donors (Lipinski definition) is 0. The number of hydrogen-bond acceptors (Lipinski definition) is 8. The summed E-state index contributed by atoms with van der Waals surface area (Å²) >= 11 is 7.02. The van der Waals surface area contributed by atoms with Gasteiger partial charge in [-0.25, -0.2) is 8.42 Å². The Morgan fingerprint density at radius 2 is 1.45 bits per heavy atom. The average Bonchev–Trinajstić information content (AvgIpc) is 3.66. The third-order valence-electron chi connectivity index (χ3n) is 10.3. The van der Waals surface area contributed by atoms with Crippen molar-refractivity contribution in [3.63, 3.8) is 0 Å². The van der Waals surface area contributed by atoms with Gasteiger partial charge in [-0.3, -0.25) is 9.59 Å². The maximum atomic E-state index is 11.4. The van der Waals surface area contributed by atoms with Crippen molar-refractivity contribution in [1.29, 1.82) is 0 Å². The predicted octanol–water partition coefficient (Wildman–Crippen LogP) is 8.54. The highest BCUT2D eigenvalue weighted by Gasteiger charge is 2.44. The number of aryl methyl sites for hydroxylation is 1. The van der Waals surface area contributed by atoms with Crippen LogP contribution >= 0.6 is 11.6 Å². The third-order valence-corrected chi connectivity index (χ3v) is 11.6. The Bertz CT molecular complexity index is 2230. The minimum Gasteiger partial charge on any atom is -0.744 e. The molecule has 1 aliphatic carbocycles. The maximum absolute atomic E-state index is 11.4. The summed E-state index contributed by atoms with van der Waals surface area (Å²) < 4.78 is 44.0. The van der Waals surface area contributed by atoms with E-state index in [4.69, 9.17) is 21.1 Å². The molecule has 0 atom stereocenters. The van der Waals surface area contributed by atoms with Crippen LogP contribution in [0.25, 0.3) is 0 Å². The Labute approximate surface area is 330 Å². The molecule has 2 heterocycles. The van der Waals surface area contributed by atoms with Crippen molar-refractivity contribution in [3.8, 4) is 0 Å². The van der Waals surface area contributed by atoms with Crippen molar-refractivity contribution < 1.29 is 36.6 Å². The molecule has 0 saturated heterocycles. The molecule has 0 amide bonds. The van der Waals surface area contributed by atoms with Crippen molar-refractivity contribution in [2.75, 3.05) is 31.2 Å². The summed E-state index contributed by atoms with van der Waals surface area (Å²) in [4.78, 5) is 25.0. The fraction of sp³-hybridized carbons (Fsp3) is 0.341. The van der Waals surface area contributed by atoms with Gasteiger partial charge in [0.1, 0.15) is 16.7 Å². The molecular formula is C44H49ClN2O7S. The minimum absolute atomic E-state index is 0.178. The highest BCUT2D eigenvalue weighted by Crippen LogP contribution is 2.48. The zero-order valence-corrected chi connectivity index (χ0v) is 34.1. The Morgan fingerprint density at radius 3 is 2.11 bits per heavy atom. The van der Waals surface area contributed by atoms with Crippen LogP contribution in [-0.4, -0.2) is 61.5 Å². The second-order valence-electron chi connectivity index (χ2n) is 14.8. The molecule has 3 aromatic carbocycles. The molecule has 6 rings (SSSR count). The molecule has 0 aromatic heterocycles. The number of ether oxygens (including phenoxy) is 2. The second kappa shape index (κ2) is 16.9. The standard InChI is InChI=1S/C37H42ClN2O4.C7H8O3S/c1-25(41)43-23-21-39-31-13-9-7-11-29(31)36(3,4)33(39)19-17-27-15-16-28(35(27)38)18-20-34-37(5,6)30-12-8-10-14-32(30)40(34)22-24-44-26(2)42;1-6-2-4-7(5-3-6)11(8,9)10/h7-14,17-20H,15-16,21-24H2,1-6H3;2-5H,1H3,(H,8,9,10)/q+1;/p-1. The van der Waals surface area contributed by atoms with Gasteiger partial charge in [-0.15, -0.1) is 0 Å². The quantitative estimate of drug-likeness (QED) is 0.114. The van der Waals surface area contributed by atoms with Gasteiger partial charge in [0, 0.05) is 53.4 Å². The largest absolute Gasteiger partial charge is 0.744 e. The van der Waals surface area contributed by atoms with Gasteiger partial charge in [0.25, 0.3) is 0 Å². The van der Waals surface area contributed by atoms with Crippen LogP contribution in [0.1, 0.15) is 71.1 Å². The van der Waals surface area contributed by atoms with E-state index in [0.29, 0.717) is 26.3 Å². The number of fused-ring (bicyclic) bond motifs is 2. The number of carbonyl (C=O) groups is 2. The first-order valence-electron chi connectivity index (χ1n) is 18.3. The molecule has 0 fully saturated rings. The molecule has 55 heavy (non-hydrogen) atoms. The third kappa shape index (κ3) is 9.37. The maximum Gasteiger partial charge on any atom is 0.302 e. The van der Waals surface area contributed by atoms with Gasteiger partial charge in [0.15, 0.2) is 18.9 Å². The molecule has 2 aliphatic heterocycles. The van der Waals surface area contributed by atoms with E-state index in [0.717, 1.165) is 57.4 Å². The average molecular weight is 785 g/mol. The molecule has 3 aromatic rings. The number of esters is 2. The van der Waals surface area contributed by atoms with Gasteiger partial charge in [-0.1, -0.05) is 91.7 Å². The first-order valence-corrected chi connectivity index (χ1v) is 20.1. The van der Waals surface area contributed by atoms with E-state index in [1.165, 1.54) is 37.1 Å². The van der Waals surface area contributed by atoms with E-state index in [9.17, 15) is 22.6 Å². The van der Waals surface area contributed by atoms with Crippen LogP contribution in [0.4, 0.5) is 11.4 Å². The molecule has 0 unspecified atom stereocenters. The smallest absolute Gasteiger partial charge is 0.302 e. The van der Waals surface area contributed by atoms with Crippen LogP contribution in [0, 0.1) is 6.92 Å². The Morgan fingerprint density at radius 1 is 0.836 bits per heavy atom. The van der Waals surface area contributed by atoms with E-state index in [-0.39, 0.29) is 27.7 Å². The summed E-state index contributed by atoms with van der Waals surface area (Å²) in [6.45, 7) is 15.4. The summed E-state index contributed by atoms with van der Waals surface area (Å²) in [7, 11) is -4.27. The lowest BCUT2D eigenvalue weighted by molar-refractivity contribution is -0.440. The number of benzene rings is 3. The van der Waals surface area contributed by atoms with Crippen molar-refractivity contribution in [3.05, 3.63) is 136 Å². The number of halogens is 1. The molecule has 0 radical (unpaired) electrons.